The van der Waals surface area contributed by atoms with Crippen molar-refractivity contribution in [3.63, 3.8) is 0 Å². The number of thiazole rings is 1. The Kier molecular flexibility index (Phi) is 3.81. The third kappa shape index (κ3) is 3.31. The van der Waals surface area contributed by atoms with E-state index in [1.165, 1.54) is 0 Å². The van der Waals surface area contributed by atoms with Gasteiger partial charge in [0.2, 0.25) is 0 Å². The van der Waals surface area contributed by atoms with E-state index in [4.69, 9.17) is 0 Å². The van der Waals surface area contributed by atoms with Gasteiger partial charge in [0.15, 0.2) is 0 Å². The number of hydrogen-bond donors (Lipinski definition) is 1. The molecule has 0 aliphatic carbocycles. The fourth-order valence-electron chi connectivity index (χ4n) is 1.39. The summed E-state index contributed by atoms with van der Waals surface area (Å²) in [6.07, 6.45) is 1.77. The van der Waals surface area contributed by atoms with Crippen molar-refractivity contribution in [1.82, 2.24) is 20.3 Å². The Morgan fingerprint density at radius 1 is 1.35 bits per heavy atom. The molecular weight excluding hydrogens is 232 g/mol. The minimum atomic E-state index is 0.474. The molecule has 0 amide bonds. The van der Waals surface area contributed by atoms with Gasteiger partial charge in [-0.1, -0.05) is 13.8 Å². The maximum Gasteiger partial charge on any atom is 0.142 e. The molecule has 0 fully saturated rings. The van der Waals surface area contributed by atoms with Crippen molar-refractivity contribution in [2.75, 3.05) is 0 Å². The highest BCUT2D eigenvalue weighted by atomic mass is 32.1. The lowest BCUT2D eigenvalue weighted by molar-refractivity contribution is 0.583. The van der Waals surface area contributed by atoms with Gasteiger partial charge >= 0.3 is 0 Å². The Morgan fingerprint density at radius 2 is 2.18 bits per heavy atom. The third-order valence-corrected chi connectivity index (χ3v) is 3.15. The Balaban J connectivity index is 2.12. The molecule has 0 atom stereocenters. The highest BCUT2D eigenvalue weighted by Crippen LogP contribution is 2.21. The van der Waals surface area contributed by atoms with E-state index < -0.39 is 0 Å². The number of aryl methyl sites for hydroxylation is 1. The number of aromatic nitrogens is 3. The quantitative estimate of drug-likeness (QED) is 0.902. The topological polar surface area (TPSA) is 50.7 Å². The Hall–Kier alpha value is -1.33. The summed E-state index contributed by atoms with van der Waals surface area (Å²) in [5.74, 6) is 0.777. The van der Waals surface area contributed by atoms with E-state index in [1.807, 2.05) is 13.0 Å². The maximum absolute atomic E-state index is 4.56. The fourth-order valence-corrected chi connectivity index (χ4v) is 2.18. The van der Waals surface area contributed by atoms with Gasteiger partial charge in [-0.05, 0) is 13.0 Å². The van der Waals surface area contributed by atoms with E-state index in [2.05, 4.69) is 39.5 Å². The van der Waals surface area contributed by atoms with Gasteiger partial charge in [-0.2, -0.15) is 0 Å². The predicted octanol–water partition coefficient (Wildman–Crippen LogP) is 2.41. The van der Waals surface area contributed by atoms with Crippen LogP contribution in [0.4, 0.5) is 0 Å². The van der Waals surface area contributed by atoms with Crippen molar-refractivity contribution in [3.8, 4) is 10.7 Å². The molecule has 0 saturated heterocycles. The normalized spacial score (nSPS) is 11.1. The SMILES string of the molecule is Cc1nccc(-c2nc(CNC(C)C)cs2)n1. The molecule has 2 aromatic heterocycles. The van der Waals surface area contributed by atoms with Crippen LogP contribution in [0.15, 0.2) is 17.6 Å². The van der Waals surface area contributed by atoms with E-state index >= 15 is 0 Å². The molecule has 0 aliphatic heterocycles. The minimum absolute atomic E-state index is 0.474. The maximum atomic E-state index is 4.56. The lowest BCUT2D eigenvalue weighted by atomic mass is 10.3. The van der Waals surface area contributed by atoms with Crippen molar-refractivity contribution in [1.29, 1.82) is 0 Å². The minimum Gasteiger partial charge on any atom is -0.309 e. The van der Waals surface area contributed by atoms with Crippen LogP contribution in [0.2, 0.25) is 0 Å². The van der Waals surface area contributed by atoms with Gasteiger partial charge in [0.05, 0.1) is 5.69 Å². The summed E-state index contributed by atoms with van der Waals surface area (Å²) < 4.78 is 0. The summed E-state index contributed by atoms with van der Waals surface area (Å²) in [6, 6.07) is 2.37. The number of nitrogens with zero attached hydrogens (tertiary/aromatic N) is 3. The molecule has 2 rings (SSSR count). The molecule has 0 spiro atoms. The molecule has 2 heterocycles. The number of hydrogen-bond acceptors (Lipinski definition) is 5. The van der Waals surface area contributed by atoms with Gasteiger partial charge in [0.1, 0.15) is 16.5 Å². The molecule has 0 bridgehead atoms. The van der Waals surface area contributed by atoms with Gasteiger partial charge in [-0.3, -0.25) is 0 Å². The first kappa shape index (κ1) is 12.1. The van der Waals surface area contributed by atoms with Crippen LogP contribution in [-0.2, 0) is 6.54 Å². The molecule has 2 aromatic rings. The standard InChI is InChI=1S/C12H16N4S/c1-8(2)14-6-10-7-17-12(16-10)11-4-5-13-9(3)15-11/h4-5,7-8,14H,6H2,1-3H3. The van der Waals surface area contributed by atoms with Crippen LogP contribution in [0.25, 0.3) is 10.7 Å². The zero-order valence-electron chi connectivity index (χ0n) is 10.3. The molecule has 4 nitrogen and oxygen atoms in total. The highest BCUT2D eigenvalue weighted by molar-refractivity contribution is 7.13. The average Bonchev–Trinajstić information content (AvgIpc) is 2.75. The van der Waals surface area contributed by atoms with Crippen LogP contribution in [0.5, 0.6) is 0 Å². The Morgan fingerprint density at radius 3 is 2.88 bits per heavy atom. The summed E-state index contributed by atoms with van der Waals surface area (Å²) in [6.45, 7) is 6.94. The Labute approximate surface area is 105 Å². The van der Waals surface area contributed by atoms with Crippen LogP contribution >= 0.6 is 11.3 Å². The molecule has 0 aromatic carbocycles. The van der Waals surface area contributed by atoms with Crippen molar-refractivity contribution in [2.45, 2.75) is 33.4 Å². The largest absolute Gasteiger partial charge is 0.309 e. The zero-order valence-corrected chi connectivity index (χ0v) is 11.1. The van der Waals surface area contributed by atoms with Crippen LogP contribution in [-0.4, -0.2) is 21.0 Å². The van der Waals surface area contributed by atoms with Gasteiger partial charge in [-0.25, -0.2) is 15.0 Å². The molecule has 17 heavy (non-hydrogen) atoms. The lowest BCUT2D eigenvalue weighted by Gasteiger charge is -2.04. The molecule has 0 aliphatic rings. The molecule has 90 valence electrons. The fraction of sp³-hybridized carbons (Fsp3) is 0.417. The van der Waals surface area contributed by atoms with Gasteiger partial charge in [0.25, 0.3) is 0 Å². The molecular formula is C12H16N4S. The first-order valence-electron chi connectivity index (χ1n) is 5.63. The van der Waals surface area contributed by atoms with Crippen LogP contribution in [0, 0.1) is 6.92 Å². The molecule has 0 radical (unpaired) electrons. The number of nitrogens with one attached hydrogen (secondary N) is 1. The van der Waals surface area contributed by atoms with E-state index in [0.29, 0.717) is 6.04 Å². The summed E-state index contributed by atoms with van der Waals surface area (Å²) >= 11 is 1.62. The second-order valence-corrected chi connectivity index (χ2v) is 5.03. The summed E-state index contributed by atoms with van der Waals surface area (Å²) in [7, 11) is 0. The molecule has 5 heteroatoms. The predicted molar refractivity (Wildman–Crippen MR) is 69.9 cm³/mol. The lowest BCUT2D eigenvalue weighted by Crippen LogP contribution is -2.21. The first-order valence-corrected chi connectivity index (χ1v) is 6.51. The van der Waals surface area contributed by atoms with Crippen molar-refractivity contribution in [2.24, 2.45) is 0 Å². The zero-order chi connectivity index (χ0) is 12.3. The monoisotopic (exact) mass is 248 g/mol. The van der Waals surface area contributed by atoms with Crippen LogP contribution in [0.3, 0.4) is 0 Å². The third-order valence-electron chi connectivity index (χ3n) is 2.24. The van der Waals surface area contributed by atoms with E-state index in [-0.39, 0.29) is 0 Å². The highest BCUT2D eigenvalue weighted by Gasteiger charge is 2.06. The number of rotatable bonds is 4. The van der Waals surface area contributed by atoms with E-state index in [1.54, 1.807) is 17.5 Å². The average molecular weight is 248 g/mol. The van der Waals surface area contributed by atoms with E-state index in [9.17, 15) is 0 Å². The summed E-state index contributed by atoms with van der Waals surface area (Å²) in [5, 5.41) is 6.38. The van der Waals surface area contributed by atoms with E-state index in [0.717, 1.165) is 28.8 Å². The van der Waals surface area contributed by atoms with Gasteiger partial charge < -0.3 is 5.32 Å². The van der Waals surface area contributed by atoms with Crippen molar-refractivity contribution >= 4 is 11.3 Å². The van der Waals surface area contributed by atoms with Crippen LogP contribution < -0.4 is 5.32 Å². The second-order valence-electron chi connectivity index (χ2n) is 4.17. The second kappa shape index (κ2) is 5.33. The van der Waals surface area contributed by atoms with Crippen LogP contribution in [0.1, 0.15) is 25.4 Å². The van der Waals surface area contributed by atoms with Gasteiger partial charge in [-0.15, -0.1) is 11.3 Å². The van der Waals surface area contributed by atoms with Gasteiger partial charge in [0, 0.05) is 24.2 Å². The smallest absolute Gasteiger partial charge is 0.142 e. The molecule has 1 N–H and O–H groups in total. The van der Waals surface area contributed by atoms with Crippen molar-refractivity contribution in [3.05, 3.63) is 29.2 Å². The summed E-state index contributed by atoms with van der Waals surface area (Å²) in [5.41, 5.74) is 1.97. The summed E-state index contributed by atoms with van der Waals surface area (Å²) in [4.78, 5) is 13.0. The molecule has 0 saturated carbocycles. The van der Waals surface area contributed by atoms with Crippen molar-refractivity contribution < 1.29 is 0 Å². The molecule has 0 unspecified atom stereocenters. The Bertz CT molecular complexity index is 493. The first-order chi connectivity index (χ1) is 8.15.